The molecular weight excluding hydrogens is 366 g/mol. The molecule has 0 aliphatic rings. The Morgan fingerprint density at radius 1 is 1.10 bits per heavy atom. The number of halogens is 4. The van der Waals surface area contributed by atoms with Gasteiger partial charge in [0.1, 0.15) is 5.82 Å². The molecular formula is C15H8BrCl2FO. The van der Waals surface area contributed by atoms with Gasteiger partial charge in [0, 0.05) is 15.6 Å². The molecule has 1 nitrogen and oxygen atoms in total. The number of ketones is 1. The molecule has 0 fully saturated rings. The first-order valence-corrected chi connectivity index (χ1v) is 7.15. The maximum atomic E-state index is 13.5. The summed E-state index contributed by atoms with van der Waals surface area (Å²) in [5.41, 5.74) is 0.721. The van der Waals surface area contributed by atoms with E-state index in [2.05, 4.69) is 15.9 Å². The molecule has 0 N–H and O–H groups in total. The molecule has 0 spiro atoms. The summed E-state index contributed by atoms with van der Waals surface area (Å²) in [5, 5.41) is 0.685. The Balaban J connectivity index is 2.24. The number of rotatable bonds is 3. The first-order chi connectivity index (χ1) is 9.47. The Kier molecular flexibility index (Phi) is 4.97. The van der Waals surface area contributed by atoms with Gasteiger partial charge in [0.25, 0.3) is 0 Å². The Hall–Kier alpha value is -1.16. The van der Waals surface area contributed by atoms with E-state index in [0.29, 0.717) is 21.2 Å². The van der Waals surface area contributed by atoms with Crippen molar-refractivity contribution in [2.24, 2.45) is 0 Å². The largest absolute Gasteiger partial charge is 0.289 e. The van der Waals surface area contributed by atoms with Crippen molar-refractivity contribution >= 4 is 51.0 Å². The van der Waals surface area contributed by atoms with Crippen molar-refractivity contribution in [1.29, 1.82) is 0 Å². The van der Waals surface area contributed by atoms with Gasteiger partial charge >= 0.3 is 0 Å². The highest BCUT2D eigenvalue weighted by Crippen LogP contribution is 2.23. The van der Waals surface area contributed by atoms with Crippen LogP contribution in [0, 0.1) is 5.82 Å². The summed E-state index contributed by atoms with van der Waals surface area (Å²) in [6, 6.07) is 9.10. The van der Waals surface area contributed by atoms with Crippen molar-refractivity contribution < 1.29 is 9.18 Å². The second-order valence-electron chi connectivity index (χ2n) is 3.99. The lowest BCUT2D eigenvalue weighted by molar-refractivity contribution is 0.104. The number of benzene rings is 2. The van der Waals surface area contributed by atoms with E-state index in [0.717, 1.165) is 4.47 Å². The minimum Gasteiger partial charge on any atom is -0.289 e. The smallest absolute Gasteiger partial charge is 0.185 e. The van der Waals surface area contributed by atoms with Crippen LogP contribution >= 0.6 is 39.1 Å². The maximum absolute atomic E-state index is 13.5. The van der Waals surface area contributed by atoms with Crippen LogP contribution in [0.3, 0.4) is 0 Å². The van der Waals surface area contributed by atoms with E-state index in [1.807, 2.05) is 0 Å². The molecule has 0 amide bonds. The van der Waals surface area contributed by atoms with Gasteiger partial charge in [-0.05, 0) is 48.6 Å². The lowest BCUT2D eigenvalue weighted by Gasteiger charge is -2.00. The summed E-state index contributed by atoms with van der Waals surface area (Å²) in [7, 11) is 0. The van der Waals surface area contributed by atoms with Crippen LogP contribution in [-0.4, -0.2) is 5.78 Å². The monoisotopic (exact) mass is 372 g/mol. The molecule has 2 rings (SSSR count). The fraction of sp³-hybridized carbons (Fsp3) is 0. The van der Waals surface area contributed by atoms with Crippen LogP contribution in [-0.2, 0) is 0 Å². The summed E-state index contributed by atoms with van der Waals surface area (Å²) >= 11 is 14.9. The lowest BCUT2D eigenvalue weighted by atomic mass is 10.1. The third-order valence-corrected chi connectivity index (χ3v) is 3.81. The quantitative estimate of drug-likeness (QED) is 0.491. The average Bonchev–Trinajstić information content (AvgIpc) is 2.42. The minimum atomic E-state index is -0.397. The molecule has 0 radical (unpaired) electrons. The van der Waals surface area contributed by atoms with Crippen LogP contribution in [0.4, 0.5) is 4.39 Å². The maximum Gasteiger partial charge on any atom is 0.185 e. The molecule has 0 saturated heterocycles. The predicted molar refractivity (Wildman–Crippen MR) is 83.9 cm³/mol. The van der Waals surface area contributed by atoms with Crippen LogP contribution in [0.15, 0.2) is 46.9 Å². The van der Waals surface area contributed by atoms with E-state index in [-0.39, 0.29) is 5.78 Å². The van der Waals surface area contributed by atoms with Gasteiger partial charge in [0.2, 0.25) is 0 Å². The predicted octanol–water partition coefficient (Wildman–Crippen LogP) is 5.79. The molecule has 0 aromatic heterocycles. The van der Waals surface area contributed by atoms with E-state index in [1.165, 1.54) is 24.3 Å². The minimum absolute atomic E-state index is 0.275. The number of carbonyl (C=O) groups is 1. The first kappa shape index (κ1) is 15.2. The van der Waals surface area contributed by atoms with Crippen LogP contribution in [0.5, 0.6) is 0 Å². The highest BCUT2D eigenvalue weighted by Gasteiger charge is 2.06. The van der Waals surface area contributed by atoms with E-state index >= 15 is 0 Å². The van der Waals surface area contributed by atoms with Crippen molar-refractivity contribution in [3.63, 3.8) is 0 Å². The van der Waals surface area contributed by atoms with Gasteiger partial charge in [-0.15, -0.1) is 0 Å². The molecule has 5 heteroatoms. The fourth-order valence-corrected chi connectivity index (χ4v) is 2.23. The van der Waals surface area contributed by atoms with Gasteiger partial charge in [-0.2, -0.15) is 0 Å². The van der Waals surface area contributed by atoms with Crippen molar-refractivity contribution in [3.8, 4) is 0 Å². The Labute approximate surface area is 134 Å². The van der Waals surface area contributed by atoms with Crippen molar-refractivity contribution in [2.45, 2.75) is 0 Å². The van der Waals surface area contributed by atoms with Crippen LogP contribution < -0.4 is 0 Å². The molecule has 0 saturated carbocycles. The number of hydrogen-bond acceptors (Lipinski definition) is 1. The second-order valence-corrected chi connectivity index (χ2v) is 5.72. The van der Waals surface area contributed by atoms with Crippen LogP contribution in [0.2, 0.25) is 10.0 Å². The highest BCUT2D eigenvalue weighted by molar-refractivity contribution is 9.10. The van der Waals surface area contributed by atoms with Gasteiger partial charge in [0.05, 0.1) is 10.0 Å². The second kappa shape index (κ2) is 6.53. The molecule has 0 aliphatic heterocycles. The SMILES string of the molecule is O=C(/C=C/c1cc(Br)ccc1F)c1ccc(Cl)c(Cl)c1. The average molecular weight is 374 g/mol. The van der Waals surface area contributed by atoms with E-state index < -0.39 is 5.82 Å². The Bertz CT molecular complexity index is 698. The van der Waals surface area contributed by atoms with Gasteiger partial charge in [0.15, 0.2) is 5.78 Å². The molecule has 0 heterocycles. The highest BCUT2D eigenvalue weighted by atomic mass is 79.9. The zero-order valence-electron chi connectivity index (χ0n) is 10.0. The molecule has 0 atom stereocenters. The summed E-state index contributed by atoms with van der Waals surface area (Å²) in [4.78, 5) is 12.0. The lowest BCUT2D eigenvalue weighted by Crippen LogP contribution is -1.94. The standard InChI is InChI=1S/C15H8BrCl2FO/c16-11-3-5-14(19)9(7-11)2-6-15(20)10-1-4-12(17)13(18)8-10/h1-8H/b6-2+. The third-order valence-electron chi connectivity index (χ3n) is 2.58. The van der Waals surface area contributed by atoms with E-state index in [1.54, 1.807) is 24.3 Å². The Morgan fingerprint density at radius 3 is 2.55 bits per heavy atom. The molecule has 0 unspecified atom stereocenters. The summed E-state index contributed by atoms with van der Waals surface area (Å²) in [6.07, 6.45) is 2.72. The molecule has 20 heavy (non-hydrogen) atoms. The van der Waals surface area contributed by atoms with Crippen molar-refractivity contribution in [2.75, 3.05) is 0 Å². The first-order valence-electron chi connectivity index (χ1n) is 5.60. The summed E-state index contributed by atoms with van der Waals surface area (Å²) < 4.78 is 14.3. The van der Waals surface area contributed by atoms with Crippen molar-refractivity contribution in [3.05, 3.63) is 73.9 Å². The summed E-state index contributed by atoms with van der Waals surface area (Å²) in [6.45, 7) is 0. The normalized spacial score (nSPS) is 11.0. The molecule has 2 aromatic rings. The van der Waals surface area contributed by atoms with E-state index in [9.17, 15) is 9.18 Å². The number of carbonyl (C=O) groups excluding carboxylic acids is 1. The fourth-order valence-electron chi connectivity index (χ4n) is 1.55. The Morgan fingerprint density at radius 2 is 1.85 bits per heavy atom. The zero-order chi connectivity index (χ0) is 14.7. The summed E-state index contributed by atoms with van der Waals surface area (Å²) in [5.74, 6) is -0.672. The van der Waals surface area contributed by atoms with Crippen molar-refractivity contribution in [1.82, 2.24) is 0 Å². The zero-order valence-corrected chi connectivity index (χ0v) is 13.1. The molecule has 102 valence electrons. The number of allylic oxidation sites excluding steroid dienone is 1. The molecule has 0 bridgehead atoms. The number of hydrogen-bond donors (Lipinski definition) is 0. The van der Waals surface area contributed by atoms with Crippen LogP contribution in [0.25, 0.3) is 6.08 Å². The molecule has 0 aliphatic carbocycles. The van der Waals surface area contributed by atoms with Gasteiger partial charge in [-0.1, -0.05) is 39.1 Å². The van der Waals surface area contributed by atoms with Crippen LogP contribution in [0.1, 0.15) is 15.9 Å². The van der Waals surface area contributed by atoms with Gasteiger partial charge < -0.3 is 0 Å². The third kappa shape index (κ3) is 3.69. The van der Waals surface area contributed by atoms with E-state index in [4.69, 9.17) is 23.2 Å². The topological polar surface area (TPSA) is 17.1 Å². The van der Waals surface area contributed by atoms with Gasteiger partial charge in [-0.3, -0.25) is 4.79 Å². The molecule has 2 aromatic carbocycles. The van der Waals surface area contributed by atoms with Gasteiger partial charge in [-0.25, -0.2) is 4.39 Å².